The van der Waals surface area contributed by atoms with Gasteiger partial charge in [-0.1, -0.05) is 17.3 Å². The Labute approximate surface area is 86.9 Å². The summed E-state index contributed by atoms with van der Waals surface area (Å²) in [4.78, 5) is 0. The standard InChI is InChI=1S/C10H11N3O2/c1-15-10-5-3-2-4-9(10)13-6-8(7-14)11-12-13/h2-6,14H,7H2,1H3. The van der Waals surface area contributed by atoms with Crippen LogP contribution in [-0.4, -0.2) is 27.2 Å². The van der Waals surface area contributed by atoms with Crippen LogP contribution in [0.5, 0.6) is 5.75 Å². The summed E-state index contributed by atoms with van der Waals surface area (Å²) in [5.74, 6) is 0.715. The summed E-state index contributed by atoms with van der Waals surface area (Å²) in [5.41, 5.74) is 1.33. The van der Waals surface area contributed by atoms with E-state index in [4.69, 9.17) is 9.84 Å². The SMILES string of the molecule is COc1ccccc1-n1cc(CO)nn1. The molecule has 2 aromatic rings. The number of aliphatic hydroxyl groups is 1. The van der Waals surface area contributed by atoms with Gasteiger partial charge in [0.05, 0.1) is 19.9 Å². The van der Waals surface area contributed by atoms with Gasteiger partial charge in [0.2, 0.25) is 0 Å². The Hall–Kier alpha value is -1.88. The zero-order chi connectivity index (χ0) is 10.7. The van der Waals surface area contributed by atoms with Crippen molar-refractivity contribution in [3.63, 3.8) is 0 Å². The number of methoxy groups -OCH3 is 1. The molecular weight excluding hydrogens is 194 g/mol. The first-order chi connectivity index (χ1) is 7.35. The van der Waals surface area contributed by atoms with Crippen LogP contribution in [0.3, 0.4) is 0 Å². The van der Waals surface area contributed by atoms with Gasteiger partial charge in [-0.05, 0) is 12.1 Å². The molecule has 1 heterocycles. The van der Waals surface area contributed by atoms with E-state index < -0.39 is 0 Å². The molecule has 0 fully saturated rings. The first-order valence-corrected chi connectivity index (χ1v) is 4.50. The highest BCUT2D eigenvalue weighted by Gasteiger charge is 2.06. The number of ether oxygens (including phenoxy) is 1. The van der Waals surface area contributed by atoms with Gasteiger partial charge < -0.3 is 9.84 Å². The molecule has 2 rings (SSSR count). The summed E-state index contributed by atoms with van der Waals surface area (Å²) in [6, 6.07) is 7.48. The van der Waals surface area contributed by atoms with E-state index in [2.05, 4.69) is 10.3 Å². The first kappa shape index (κ1) is 9.67. The van der Waals surface area contributed by atoms with Crippen LogP contribution in [0.1, 0.15) is 5.69 Å². The summed E-state index contributed by atoms with van der Waals surface area (Å²) in [6.07, 6.45) is 1.66. The average molecular weight is 205 g/mol. The fourth-order valence-corrected chi connectivity index (χ4v) is 1.31. The highest BCUT2D eigenvalue weighted by Crippen LogP contribution is 2.20. The van der Waals surface area contributed by atoms with E-state index in [1.807, 2.05) is 24.3 Å². The van der Waals surface area contributed by atoms with E-state index in [0.29, 0.717) is 11.4 Å². The monoisotopic (exact) mass is 205 g/mol. The summed E-state index contributed by atoms with van der Waals surface area (Å²) >= 11 is 0. The molecule has 5 heteroatoms. The van der Waals surface area contributed by atoms with Gasteiger partial charge in [-0.3, -0.25) is 0 Å². The largest absolute Gasteiger partial charge is 0.494 e. The Morgan fingerprint density at radius 1 is 1.40 bits per heavy atom. The third kappa shape index (κ3) is 1.82. The number of hydrogen-bond donors (Lipinski definition) is 1. The number of aliphatic hydroxyl groups excluding tert-OH is 1. The zero-order valence-corrected chi connectivity index (χ0v) is 8.29. The molecule has 0 spiro atoms. The van der Waals surface area contributed by atoms with Gasteiger partial charge in [0, 0.05) is 0 Å². The van der Waals surface area contributed by atoms with Crippen molar-refractivity contribution in [3.8, 4) is 11.4 Å². The maximum absolute atomic E-state index is 8.88. The van der Waals surface area contributed by atoms with Crippen molar-refractivity contribution in [2.45, 2.75) is 6.61 Å². The van der Waals surface area contributed by atoms with Gasteiger partial charge in [0.1, 0.15) is 17.1 Å². The van der Waals surface area contributed by atoms with Crippen LogP contribution in [-0.2, 0) is 6.61 Å². The molecule has 0 aliphatic rings. The minimum absolute atomic E-state index is 0.116. The third-order valence-electron chi connectivity index (χ3n) is 2.03. The second-order valence-electron chi connectivity index (χ2n) is 2.98. The van der Waals surface area contributed by atoms with Crippen molar-refractivity contribution >= 4 is 0 Å². The molecule has 0 amide bonds. The summed E-state index contributed by atoms with van der Waals surface area (Å²) < 4.78 is 6.77. The van der Waals surface area contributed by atoms with Crippen LogP contribution in [0.15, 0.2) is 30.5 Å². The summed E-state index contributed by atoms with van der Waals surface area (Å²) in [6.45, 7) is -0.116. The quantitative estimate of drug-likeness (QED) is 0.804. The lowest BCUT2D eigenvalue weighted by atomic mass is 10.3. The summed E-state index contributed by atoms with van der Waals surface area (Å²) in [5, 5.41) is 16.6. The number of rotatable bonds is 3. The van der Waals surface area contributed by atoms with Crippen LogP contribution in [0.2, 0.25) is 0 Å². The minimum Gasteiger partial charge on any atom is -0.494 e. The van der Waals surface area contributed by atoms with E-state index in [1.54, 1.807) is 18.0 Å². The average Bonchev–Trinajstić information content (AvgIpc) is 2.77. The molecule has 0 bridgehead atoms. The zero-order valence-electron chi connectivity index (χ0n) is 8.29. The van der Waals surface area contributed by atoms with E-state index in [9.17, 15) is 0 Å². The smallest absolute Gasteiger partial charge is 0.144 e. The third-order valence-corrected chi connectivity index (χ3v) is 2.03. The Morgan fingerprint density at radius 3 is 2.87 bits per heavy atom. The molecule has 0 saturated heterocycles. The second kappa shape index (κ2) is 4.10. The van der Waals surface area contributed by atoms with Crippen LogP contribution in [0, 0.1) is 0 Å². The van der Waals surface area contributed by atoms with Gasteiger partial charge in [-0.2, -0.15) is 0 Å². The lowest BCUT2D eigenvalue weighted by molar-refractivity contribution is 0.276. The molecule has 0 aliphatic carbocycles. The maximum atomic E-state index is 8.88. The Morgan fingerprint density at radius 2 is 2.20 bits per heavy atom. The fraction of sp³-hybridized carbons (Fsp3) is 0.200. The van der Waals surface area contributed by atoms with Gasteiger partial charge in [-0.25, -0.2) is 4.68 Å². The lowest BCUT2D eigenvalue weighted by Crippen LogP contribution is -1.98. The van der Waals surface area contributed by atoms with E-state index >= 15 is 0 Å². The van der Waals surface area contributed by atoms with Crippen molar-refractivity contribution in [2.24, 2.45) is 0 Å². The highest BCUT2D eigenvalue weighted by molar-refractivity contribution is 5.45. The van der Waals surface area contributed by atoms with E-state index in [1.165, 1.54) is 0 Å². The first-order valence-electron chi connectivity index (χ1n) is 4.50. The molecule has 0 atom stereocenters. The Kier molecular flexibility index (Phi) is 2.64. The predicted octanol–water partition coefficient (Wildman–Crippen LogP) is 0.768. The Balaban J connectivity index is 2.44. The van der Waals surface area contributed by atoms with Crippen molar-refractivity contribution < 1.29 is 9.84 Å². The maximum Gasteiger partial charge on any atom is 0.144 e. The van der Waals surface area contributed by atoms with E-state index in [0.717, 1.165) is 5.69 Å². The number of benzene rings is 1. The van der Waals surface area contributed by atoms with E-state index in [-0.39, 0.29) is 6.61 Å². The normalized spacial score (nSPS) is 10.3. The van der Waals surface area contributed by atoms with Crippen molar-refractivity contribution in [2.75, 3.05) is 7.11 Å². The molecule has 78 valence electrons. The van der Waals surface area contributed by atoms with Crippen LogP contribution in [0.25, 0.3) is 5.69 Å². The molecule has 1 aromatic heterocycles. The Bertz CT molecular complexity index is 453. The van der Waals surface area contributed by atoms with Crippen LogP contribution < -0.4 is 4.74 Å². The number of aromatic nitrogens is 3. The lowest BCUT2D eigenvalue weighted by Gasteiger charge is -2.06. The van der Waals surface area contributed by atoms with Gasteiger partial charge >= 0.3 is 0 Å². The molecule has 0 saturated carbocycles. The van der Waals surface area contributed by atoms with Crippen LogP contribution in [0.4, 0.5) is 0 Å². The van der Waals surface area contributed by atoms with Gasteiger partial charge in [-0.15, -0.1) is 5.10 Å². The molecule has 1 N–H and O–H groups in total. The number of nitrogens with zero attached hydrogens (tertiary/aromatic N) is 3. The highest BCUT2D eigenvalue weighted by atomic mass is 16.5. The molecule has 0 unspecified atom stereocenters. The van der Waals surface area contributed by atoms with Crippen molar-refractivity contribution in [1.29, 1.82) is 0 Å². The van der Waals surface area contributed by atoms with Crippen molar-refractivity contribution in [1.82, 2.24) is 15.0 Å². The second-order valence-corrected chi connectivity index (χ2v) is 2.98. The van der Waals surface area contributed by atoms with Crippen LogP contribution >= 0.6 is 0 Å². The fourth-order valence-electron chi connectivity index (χ4n) is 1.31. The molecule has 1 aromatic carbocycles. The predicted molar refractivity (Wildman–Crippen MR) is 53.8 cm³/mol. The number of para-hydroxylation sites is 2. The summed E-state index contributed by atoms with van der Waals surface area (Å²) in [7, 11) is 1.60. The molecule has 0 aliphatic heterocycles. The molecule has 15 heavy (non-hydrogen) atoms. The number of hydrogen-bond acceptors (Lipinski definition) is 4. The van der Waals surface area contributed by atoms with Gasteiger partial charge in [0.25, 0.3) is 0 Å². The van der Waals surface area contributed by atoms with Gasteiger partial charge in [0.15, 0.2) is 0 Å². The molecule has 0 radical (unpaired) electrons. The minimum atomic E-state index is -0.116. The topological polar surface area (TPSA) is 60.2 Å². The molecule has 5 nitrogen and oxygen atoms in total. The van der Waals surface area contributed by atoms with Crippen molar-refractivity contribution in [3.05, 3.63) is 36.2 Å². The molecular formula is C10H11N3O2.